The smallest absolute Gasteiger partial charge is 0.271 e. The molecule has 4 heterocycles. The number of pyridine rings is 1. The molecule has 3 saturated heterocycles. The van der Waals surface area contributed by atoms with Crippen molar-refractivity contribution in [3.63, 3.8) is 0 Å². The van der Waals surface area contributed by atoms with Gasteiger partial charge in [-0.05, 0) is 36.6 Å². The van der Waals surface area contributed by atoms with E-state index < -0.39 is 0 Å². The molecule has 0 aliphatic carbocycles. The predicted octanol–water partition coefficient (Wildman–Crippen LogP) is 2.41. The van der Waals surface area contributed by atoms with Gasteiger partial charge in [-0.1, -0.05) is 24.3 Å². The molecule has 2 aromatic rings. The van der Waals surface area contributed by atoms with Gasteiger partial charge in [-0.25, -0.2) is 0 Å². The molecule has 3 aliphatic rings. The number of piperidine rings is 3. The summed E-state index contributed by atoms with van der Waals surface area (Å²) in [5.74, 6) is 0.725. The molecule has 1 aromatic heterocycles. The summed E-state index contributed by atoms with van der Waals surface area (Å²) < 4.78 is 0. The highest BCUT2D eigenvalue weighted by Crippen LogP contribution is 2.30. The number of aromatic nitrogens is 1. The van der Waals surface area contributed by atoms with Crippen molar-refractivity contribution in [2.75, 3.05) is 13.1 Å². The Kier molecular flexibility index (Phi) is 3.11. The molecule has 3 fully saturated rings. The van der Waals surface area contributed by atoms with E-state index in [9.17, 15) is 4.79 Å². The maximum absolute atomic E-state index is 12.4. The summed E-state index contributed by atoms with van der Waals surface area (Å²) in [6.45, 7) is 2.22. The summed E-state index contributed by atoms with van der Waals surface area (Å²) >= 11 is 0. The molecule has 1 aromatic carbocycles. The van der Waals surface area contributed by atoms with Crippen molar-refractivity contribution in [1.29, 1.82) is 0 Å². The summed E-state index contributed by atoms with van der Waals surface area (Å²) in [5.41, 5.74) is 0.511. The quantitative estimate of drug-likeness (QED) is 0.919. The first-order valence-corrected chi connectivity index (χ1v) is 7.69. The molecule has 2 bridgehead atoms. The highest BCUT2D eigenvalue weighted by atomic mass is 16.2. The number of amides is 1. The first kappa shape index (κ1) is 12.8. The van der Waals surface area contributed by atoms with Gasteiger partial charge in [0, 0.05) is 24.7 Å². The predicted molar refractivity (Wildman–Crippen MR) is 81.9 cm³/mol. The fraction of sp³-hybridized carbons (Fsp3) is 0.412. The van der Waals surface area contributed by atoms with Crippen molar-refractivity contribution in [2.24, 2.45) is 5.92 Å². The van der Waals surface area contributed by atoms with Gasteiger partial charge in [0.2, 0.25) is 0 Å². The molecule has 0 radical (unpaired) electrons. The Bertz CT molecular complexity index is 677. The standard InChI is InChI=1S/C17H19N3O/c21-17(19-16-9-12-5-7-20(16)8-6-12)15-10-13-3-1-2-4-14(13)11-18-15/h1-4,10-12,16H,5-9H2,(H,19,21)/t16-/m1/s1. The Morgan fingerprint density at radius 3 is 2.67 bits per heavy atom. The zero-order valence-electron chi connectivity index (χ0n) is 12.0. The van der Waals surface area contributed by atoms with Crippen molar-refractivity contribution in [3.05, 3.63) is 42.2 Å². The van der Waals surface area contributed by atoms with Gasteiger partial charge in [0.1, 0.15) is 5.69 Å². The Labute approximate surface area is 124 Å². The molecule has 5 rings (SSSR count). The van der Waals surface area contributed by atoms with E-state index in [1.54, 1.807) is 6.20 Å². The van der Waals surface area contributed by atoms with E-state index in [-0.39, 0.29) is 12.1 Å². The number of fused-ring (bicyclic) bond motifs is 4. The van der Waals surface area contributed by atoms with Gasteiger partial charge in [0.25, 0.3) is 5.91 Å². The van der Waals surface area contributed by atoms with Crippen LogP contribution in [-0.2, 0) is 0 Å². The molecular weight excluding hydrogens is 262 g/mol. The van der Waals surface area contributed by atoms with Crippen LogP contribution in [-0.4, -0.2) is 35.0 Å². The molecule has 1 N–H and O–H groups in total. The number of carbonyl (C=O) groups is 1. The number of rotatable bonds is 2. The van der Waals surface area contributed by atoms with Crippen LogP contribution >= 0.6 is 0 Å². The fourth-order valence-corrected chi connectivity index (χ4v) is 3.55. The highest BCUT2D eigenvalue weighted by molar-refractivity contribution is 5.96. The Balaban J connectivity index is 1.53. The lowest BCUT2D eigenvalue weighted by atomic mass is 9.86. The zero-order valence-corrected chi connectivity index (χ0v) is 12.0. The number of nitrogens with one attached hydrogen (secondary N) is 1. The Morgan fingerprint density at radius 2 is 1.95 bits per heavy atom. The maximum Gasteiger partial charge on any atom is 0.271 e. The van der Waals surface area contributed by atoms with Crippen LogP contribution in [0, 0.1) is 5.92 Å². The lowest BCUT2D eigenvalue weighted by Crippen LogP contribution is -2.56. The van der Waals surface area contributed by atoms with Crippen molar-refractivity contribution in [3.8, 4) is 0 Å². The van der Waals surface area contributed by atoms with E-state index >= 15 is 0 Å². The summed E-state index contributed by atoms with van der Waals surface area (Å²) in [7, 11) is 0. The van der Waals surface area contributed by atoms with Gasteiger partial charge >= 0.3 is 0 Å². The van der Waals surface area contributed by atoms with Crippen LogP contribution in [0.25, 0.3) is 10.8 Å². The molecule has 0 spiro atoms. The van der Waals surface area contributed by atoms with E-state index in [0.29, 0.717) is 5.69 Å². The maximum atomic E-state index is 12.4. The van der Waals surface area contributed by atoms with Crippen LogP contribution in [0.15, 0.2) is 36.5 Å². The third-order valence-corrected chi connectivity index (χ3v) is 4.81. The van der Waals surface area contributed by atoms with E-state index in [2.05, 4.69) is 15.2 Å². The van der Waals surface area contributed by atoms with E-state index in [1.165, 1.54) is 12.8 Å². The van der Waals surface area contributed by atoms with Gasteiger partial charge in [-0.15, -0.1) is 0 Å². The third-order valence-electron chi connectivity index (χ3n) is 4.81. The highest BCUT2D eigenvalue weighted by Gasteiger charge is 2.34. The van der Waals surface area contributed by atoms with Crippen LogP contribution in [0.5, 0.6) is 0 Å². The molecule has 4 nitrogen and oxygen atoms in total. The van der Waals surface area contributed by atoms with Crippen LogP contribution in [0.4, 0.5) is 0 Å². The van der Waals surface area contributed by atoms with Gasteiger partial charge in [-0.3, -0.25) is 14.7 Å². The number of hydrogen-bond donors (Lipinski definition) is 1. The van der Waals surface area contributed by atoms with Gasteiger partial charge in [-0.2, -0.15) is 0 Å². The van der Waals surface area contributed by atoms with Crippen molar-refractivity contribution < 1.29 is 4.79 Å². The molecule has 0 unspecified atom stereocenters. The van der Waals surface area contributed by atoms with E-state index in [0.717, 1.165) is 36.2 Å². The van der Waals surface area contributed by atoms with Crippen molar-refractivity contribution in [1.82, 2.24) is 15.2 Å². The molecule has 1 amide bonds. The Morgan fingerprint density at radius 1 is 1.19 bits per heavy atom. The third kappa shape index (κ3) is 2.40. The summed E-state index contributed by atoms with van der Waals surface area (Å²) in [4.78, 5) is 19.1. The van der Waals surface area contributed by atoms with E-state index in [1.807, 2.05) is 30.3 Å². The van der Waals surface area contributed by atoms with Crippen LogP contribution < -0.4 is 5.32 Å². The molecule has 108 valence electrons. The second-order valence-electron chi connectivity index (χ2n) is 6.12. The summed E-state index contributed by atoms with van der Waals surface area (Å²) in [6.07, 6.45) is 5.61. The largest absolute Gasteiger partial charge is 0.335 e. The average molecular weight is 281 g/mol. The Hall–Kier alpha value is -1.94. The fourth-order valence-electron chi connectivity index (χ4n) is 3.55. The zero-order chi connectivity index (χ0) is 14.2. The molecule has 0 saturated carbocycles. The molecule has 4 heteroatoms. The van der Waals surface area contributed by atoms with E-state index in [4.69, 9.17) is 0 Å². The van der Waals surface area contributed by atoms with Crippen LogP contribution in [0.3, 0.4) is 0 Å². The second-order valence-corrected chi connectivity index (χ2v) is 6.12. The summed E-state index contributed by atoms with van der Waals surface area (Å²) in [5, 5.41) is 5.28. The second kappa shape index (κ2) is 5.11. The topological polar surface area (TPSA) is 45.2 Å². The number of nitrogens with zero attached hydrogens (tertiary/aromatic N) is 2. The van der Waals surface area contributed by atoms with Crippen molar-refractivity contribution in [2.45, 2.75) is 25.4 Å². The first-order chi connectivity index (χ1) is 10.3. The summed E-state index contributed by atoms with van der Waals surface area (Å²) in [6, 6.07) is 9.86. The van der Waals surface area contributed by atoms with Gasteiger partial charge in [0.15, 0.2) is 0 Å². The molecule has 3 aliphatic heterocycles. The van der Waals surface area contributed by atoms with Gasteiger partial charge in [0.05, 0.1) is 6.17 Å². The SMILES string of the molecule is O=C(N[C@H]1CC2CCN1CC2)c1cc2ccccc2cn1. The monoisotopic (exact) mass is 281 g/mol. The lowest BCUT2D eigenvalue weighted by Gasteiger charge is -2.45. The van der Waals surface area contributed by atoms with Crippen LogP contribution in [0.2, 0.25) is 0 Å². The lowest BCUT2D eigenvalue weighted by molar-refractivity contribution is 0.0293. The number of hydrogen-bond acceptors (Lipinski definition) is 3. The minimum atomic E-state index is -0.0571. The van der Waals surface area contributed by atoms with Crippen LogP contribution in [0.1, 0.15) is 29.8 Å². The molecular formula is C17H19N3O. The number of benzene rings is 1. The molecule has 1 atom stereocenters. The average Bonchev–Trinajstić information content (AvgIpc) is 2.55. The normalized spacial score (nSPS) is 27.7. The minimum Gasteiger partial charge on any atom is -0.335 e. The molecule has 21 heavy (non-hydrogen) atoms. The van der Waals surface area contributed by atoms with Crippen molar-refractivity contribution >= 4 is 16.7 Å². The van der Waals surface area contributed by atoms with Gasteiger partial charge < -0.3 is 5.32 Å². The minimum absolute atomic E-state index is 0.0571. The first-order valence-electron chi connectivity index (χ1n) is 7.69. The number of carbonyl (C=O) groups excluding carboxylic acids is 1.